The maximum atomic E-state index is 12.1. The van der Waals surface area contributed by atoms with Gasteiger partial charge in [-0.05, 0) is 40.3 Å². The van der Waals surface area contributed by atoms with Gasteiger partial charge < -0.3 is 10.8 Å². The Morgan fingerprint density at radius 2 is 1.92 bits per heavy atom. The van der Waals surface area contributed by atoms with Crippen molar-refractivity contribution >= 4 is 22.6 Å². The lowest BCUT2D eigenvalue weighted by Gasteiger charge is -2.15. The molecule has 0 unspecified atom stereocenters. The minimum atomic E-state index is -0.915. The van der Waals surface area contributed by atoms with Gasteiger partial charge in [-0.25, -0.2) is 4.39 Å². The SMILES string of the molecule is N[C@@H](CF)[C@@H](O)c1ccc(I)cc1. The maximum Gasteiger partial charge on any atom is 0.107 e. The molecule has 0 radical (unpaired) electrons. The zero-order valence-electron chi connectivity index (χ0n) is 6.95. The monoisotopic (exact) mass is 295 g/mol. The van der Waals surface area contributed by atoms with E-state index in [9.17, 15) is 9.50 Å². The summed E-state index contributed by atoms with van der Waals surface area (Å²) in [6.07, 6.45) is -0.915. The lowest BCUT2D eigenvalue weighted by molar-refractivity contribution is 0.132. The smallest absolute Gasteiger partial charge is 0.107 e. The predicted octanol–water partition coefficient (Wildman–Crippen LogP) is 1.62. The molecule has 0 aliphatic carbocycles. The quantitative estimate of drug-likeness (QED) is 0.832. The zero-order valence-corrected chi connectivity index (χ0v) is 9.11. The van der Waals surface area contributed by atoms with Gasteiger partial charge in [0.25, 0.3) is 0 Å². The lowest BCUT2D eigenvalue weighted by atomic mass is 10.0. The van der Waals surface area contributed by atoms with Gasteiger partial charge in [0, 0.05) is 3.57 Å². The van der Waals surface area contributed by atoms with Crippen molar-refractivity contribution in [3.63, 3.8) is 0 Å². The van der Waals surface area contributed by atoms with Crippen molar-refractivity contribution in [3.05, 3.63) is 33.4 Å². The number of hydrogen-bond acceptors (Lipinski definition) is 2. The first-order chi connectivity index (χ1) is 6.15. The fraction of sp³-hybridized carbons (Fsp3) is 0.333. The normalized spacial score (nSPS) is 15.4. The van der Waals surface area contributed by atoms with Crippen molar-refractivity contribution < 1.29 is 9.50 Å². The van der Waals surface area contributed by atoms with E-state index in [1.807, 2.05) is 12.1 Å². The molecule has 0 aliphatic rings. The molecule has 2 atom stereocenters. The van der Waals surface area contributed by atoms with Crippen molar-refractivity contribution in [2.75, 3.05) is 6.67 Å². The van der Waals surface area contributed by atoms with Crippen LogP contribution in [0.25, 0.3) is 0 Å². The summed E-state index contributed by atoms with van der Waals surface area (Å²) in [5, 5.41) is 9.51. The molecule has 4 heteroatoms. The summed E-state index contributed by atoms with van der Waals surface area (Å²) in [5.41, 5.74) is 6.02. The average Bonchev–Trinajstić information content (AvgIpc) is 2.17. The van der Waals surface area contributed by atoms with Gasteiger partial charge in [-0.2, -0.15) is 0 Å². The molecule has 0 fully saturated rings. The molecule has 0 spiro atoms. The molecule has 1 aromatic carbocycles. The number of benzene rings is 1. The fourth-order valence-electron chi connectivity index (χ4n) is 0.992. The molecule has 13 heavy (non-hydrogen) atoms. The predicted molar refractivity (Wildman–Crippen MR) is 58.1 cm³/mol. The van der Waals surface area contributed by atoms with Crippen LogP contribution in [0.3, 0.4) is 0 Å². The van der Waals surface area contributed by atoms with E-state index in [0.29, 0.717) is 5.56 Å². The fourth-order valence-corrected chi connectivity index (χ4v) is 1.35. The third-order valence-electron chi connectivity index (χ3n) is 1.80. The van der Waals surface area contributed by atoms with E-state index in [2.05, 4.69) is 22.6 Å². The molecule has 0 aromatic heterocycles. The van der Waals surface area contributed by atoms with Crippen molar-refractivity contribution in [2.45, 2.75) is 12.1 Å². The van der Waals surface area contributed by atoms with E-state index in [-0.39, 0.29) is 0 Å². The molecule has 72 valence electrons. The summed E-state index contributed by atoms with van der Waals surface area (Å²) in [6, 6.07) is 6.37. The topological polar surface area (TPSA) is 46.2 Å². The summed E-state index contributed by atoms with van der Waals surface area (Å²) in [5.74, 6) is 0. The Morgan fingerprint density at radius 3 is 2.38 bits per heavy atom. The highest BCUT2D eigenvalue weighted by molar-refractivity contribution is 14.1. The molecule has 0 amide bonds. The summed E-state index contributed by atoms with van der Waals surface area (Å²) in [4.78, 5) is 0. The summed E-state index contributed by atoms with van der Waals surface area (Å²) >= 11 is 2.16. The molecule has 3 N–H and O–H groups in total. The Labute approximate surface area is 90.1 Å². The van der Waals surface area contributed by atoms with Gasteiger partial charge in [0.15, 0.2) is 0 Å². The van der Waals surface area contributed by atoms with Gasteiger partial charge >= 0.3 is 0 Å². The summed E-state index contributed by atoms with van der Waals surface area (Å²) in [6.45, 7) is -0.715. The van der Waals surface area contributed by atoms with Crippen LogP contribution >= 0.6 is 22.6 Å². The van der Waals surface area contributed by atoms with Crippen LogP contribution < -0.4 is 5.73 Å². The van der Waals surface area contributed by atoms with Crippen LogP contribution in [0.15, 0.2) is 24.3 Å². The molecule has 0 aliphatic heterocycles. The number of alkyl halides is 1. The highest BCUT2D eigenvalue weighted by atomic mass is 127. The molecule has 0 heterocycles. The minimum Gasteiger partial charge on any atom is -0.387 e. The number of nitrogens with two attached hydrogens (primary N) is 1. The molecular formula is C9H11FINO. The van der Waals surface area contributed by atoms with E-state index in [0.717, 1.165) is 3.57 Å². The molecule has 0 saturated heterocycles. The Bertz CT molecular complexity index is 265. The van der Waals surface area contributed by atoms with Crippen molar-refractivity contribution in [1.82, 2.24) is 0 Å². The number of halogens is 2. The Hall–Kier alpha value is -0.200. The van der Waals surface area contributed by atoms with Gasteiger partial charge in [-0.3, -0.25) is 0 Å². The molecule has 0 bridgehead atoms. The van der Waals surface area contributed by atoms with Gasteiger partial charge in [-0.15, -0.1) is 0 Å². The van der Waals surface area contributed by atoms with E-state index >= 15 is 0 Å². The summed E-state index contributed by atoms with van der Waals surface area (Å²) < 4.78 is 13.2. The second kappa shape index (κ2) is 4.88. The Morgan fingerprint density at radius 1 is 1.38 bits per heavy atom. The second-order valence-electron chi connectivity index (χ2n) is 2.81. The third-order valence-corrected chi connectivity index (χ3v) is 2.51. The zero-order chi connectivity index (χ0) is 9.84. The van der Waals surface area contributed by atoms with E-state index in [4.69, 9.17) is 5.73 Å². The Balaban J connectivity index is 2.77. The molecule has 0 saturated carbocycles. The van der Waals surface area contributed by atoms with Gasteiger partial charge in [0.2, 0.25) is 0 Å². The van der Waals surface area contributed by atoms with Crippen LogP contribution in [-0.4, -0.2) is 17.8 Å². The van der Waals surface area contributed by atoms with Gasteiger partial charge in [0.1, 0.15) is 6.67 Å². The first-order valence-corrected chi connectivity index (χ1v) is 4.98. The van der Waals surface area contributed by atoms with Crippen LogP contribution in [0.1, 0.15) is 11.7 Å². The van der Waals surface area contributed by atoms with Crippen LogP contribution in [0.2, 0.25) is 0 Å². The second-order valence-corrected chi connectivity index (χ2v) is 4.06. The average molecular weight is 295 g/mol. The first-order valence-electron chi connectivity index (χ1n) is 3.90. The van der Waals surface area contributed by atoms with Gasteiger partial charge in [0.05, 0.1) is 12.1 Å². The van der Waals surface area contributed by atoms with E-state index in [1.165, 1.54) is 0 Å². The summed E-state index contributed by atoms with van der Waals surface area (Å²) in [7, 11) is 0. The number of aliphatic hydroxyl groups is 1. The van der Waals surface area contributed by atoms with Crippen molar-refractivity contribution in [2.24, 2.45) is 5.73 Å². The van der Waals surface area contributed by atoms with Gasteiger partial charge in [-0.1, -0.05) is 12.1 Å². The van der Waals surface area contributed by atoms with Crippen molar-refractivity contribution in [1.29, 1.82) is 0 Å². The highest BCUT2D eigenvalue weighted by Crippen LogP contribution is 2.17. The van der Waals surface area contributed by atoms with Crippen LogP contribution in [0.5, 0.6) is 0 Å². The third kappa shape index (κ3) is 2.89. The van der Waals surface area contributed by atoms with E-state index < -0.39 is 18.8 Å². The molecular weight excluding hydrogens is 284 g/mol. The largest absolute Gasteiger partial charge is 0.387 e. The van der Waals surface area contributed by atoms with Crippen LogP contribution in [-0.2, 0) is 0 Å². The van der Waals surface area contributed by atoms with E-state index in [1.54, 1.807) is 12.1 Å². The Kier molecular flexibility index (Phi) is 4.08. The molecule has 1 rings (SSSR count). The maximum absolute atomic E-state index is 12.1. The number of rotatable bonds is 3. The highest BCUT2D eigenvalue weighted by Gasteiger charge is 2.15. The molecule has 1 aromatic rings. The standard InChI is InChI=1S/C9H11FINO/c10-5-8(12)9(13)6-1-3-7(11)4-2-6/h1-4,8-9,13H,5,12H2/t8-,9-/m0/s1. The minimum absolute atomic E-state index is 0.658. The number of aliphatic hydroxyl groups excluding tert-OH is 1. The number of hydrogen-bond donors (Lipinski definition) is 2. The molecule has 2 nitrogen and oxygen atoms in total. The van der Waals surface area contributed by atoms with Crippen LogP contribution in [0.4, 0.5) is 4.39 Å². The first kappa shape index (κ1) is 10.9. The van der Waals surface area contributed by atoms with Crippen molar-refractivity contribution in [3.8, 4) is 0 Å². The van der Waals surface area contributed by atoms with Crippen LogP contribution in [0, 0.1) is 3.57 Å². The lowest BCUT2D eigenvalue weighted by Crippen LogP contribution is -2.30.